The summed E-state index contributed by atoms with van der Waals surface area (Å²) in [6.45, 7) is 11.2. The van der Waals surface area contributed by atoms with Gasteiger partial charge >= 0.3 is 0 Å². The van der Waals surface area contributed by atoms with Crippen LogP contribution in [0.4, 0.5) is 34.1 Å². The van der Waals surface area contributed by atoms with Crippen molar-refractivity contribution in [1.82, 2.24) is 0 Å². The molecule has 50 heavy (non-hydrogen) atoms. The molecule has 0 spiro atoms. The summed E-state index contributed by atoms with van der Waals surface area (Å²) in [5.74, 6) is 0. The van der Waals surface area contributed by atoms with E-state index in [0.717, 1.165) is 70.4 Å². The zero-order valence-electron chi connectivity index (χ0n) is 31.1. The molecule has 0 amide bonds. The van der Waals surface area contributed by atoms with Gasteiger partial charge in [0.15, 0.2) is 0 Å². The fourth-order valence-electron chi connectivity index (χ4n) is 6.68. The fourth-order valence-corrected chi connectivity index (χ4v) is 6.96. The van der Waals surface area contributed by atoms with Crippen LogP contribution in [0.1, 0.15) is 107 Å². The van der Waals surface area contributed by atoms with Crippen LogP contribution in [0.2, 0.25) is 5.02 Å². The summed E-state index contributed by atoms with van der Waals surface area (Å²) >= 11 is 7.69. The molecule has 0 fully saturated rings. The highest BCUT2D eigenvalue weighted by Crippen LogP contribution is 2.47. The van der Waals surface area contributed by atoms with Gasteiger partial charge in [0, 0.05) is 22.7 Å². The normalized spacial score (nSPS) is 11.2. The van der Waals surface area contributed by atoms with Gasteiger partial charge in [0.2, 0.25) is 0 Å². The van der Waals surface area contributed by atoms with E-state index in [0.29, 0.717) is 0 Å². The molecule has 0 aromatic heterocycles. The highest BCUT2D eigenvalue weighted by Gasteiger charge is 2.23. The van der Waals surface area contributed by atoms with Crippen molar-refractivity contribution in [1.29, 1.82) is 0 Å². The Morgan fingerprint density at radius 2 is 0.640 bits per heavy atom. The topological polar surface area (TPSA) is 6.48 Å². The average Bonchev–Trinajstić information content (AvgIpc) is 3.15. The molecule has 5 rings (SSSR count). The number of halogens is 1. The third-order valence-corrected chi connectivity index (χ3v) is 10.1. The molecule has 3 heteroatoms. The molecule has 0 unspecified atom stereocenters. The van der Waals surface area contributed by atoms with Crippen LogP contribution < -0.4 is 9.80 Å². The second-order valence-corrected chi connectivity index (χ2v) is 14.2. The van der Waals surface area contributed by atoms with E-state index in [2.05, 4.69) is 154 Å². The van der Waals surface area contributed by atoms with E-state index in [1.54, 1.807) is 0 Å². The molecule has 0 radical (unpaired) electrons. The van der Waals surface area contributed by atoms with Gasteiger partial charge in [0.25, 0.3) is 0 Å². The summed E-state index contributed by atoms with van der Waals surface area (Å²) in [6, 6.07) is 40.8. The van der Waals surface area contributed by atoms with Crippen molar-refractivity contribution in [3.63, 3.8) is 0 Å². The number of hydrogen-bond donors (Lipinski definition) is 0. The zero-order chi connectivity index (χ0) is 35.3. The molecule has 0 aliphatic carbocycles. The monoisotopic (exact) mass is 684 g/mol. The SMILES string of the molecule is CCCCc1ccc(N(c2ccc(CCCC)cc2)c2cc(C)cc(N(c3ccc(CCCC)cc3)c3ccc(CCCC)cc3)c2Cl)cc1. The van der Waals surface area contributed by atoms with Crippen molar-refractivity contribution in [2.45, 2.75) is 112 Å². The predicted octanol–water partition coefficient (Wildman–Crippen LogP) is 15.0. The fraction of sp³-hybridized carbons (Fsp3) is 0.362. The molecule has 2 nitrogen and oxygen atoms in total. The van der Waals surface area contributed by atoms with Crippen molar-refractivity contribution in [2.24, 2.45) is 0 Å². The molecule has 0 saturated heterocycles. The smallest absolute Gasteiger partial charge is 0.0887 e. The Balaban J connectivity index is 1.64. The molecule has 5 aromatic rings. The molecular weight excluding hydrogens is 628 g/mol. The van der Waals surface area contributed by atoms with Crippen LogP contribution >= 0.6 is 11.6 Å². The van der Waals surface area contributed by atoms with E-state index in [4.69, 9.17) is 11.6 Å². The van der Waals surface area contributed by atoms with Crippen LogP contribution in [0, 0.1) is 6.92 Å². The summed E-state index contributed by atoms with van der Waals surface area (Å²) in [7, 11) is 0. The van der Waals surface area contributed by atoms with Crippen molar-refractivity contribution in [3.05, 3.63) is 142 Å². The Morgan fingerprint density at radius 1 is 0.400 bits per heavy atom. The number of aryl methyl sites for hydroxylation is 5. The quantitative estimate of drug-likeness (QED) is 0.0906. The lowest BCUT2D eigenvalue weighted by atomic mass is 10.0. The minimum absolute atomic E-state index is 0.728. The summed E-state index contributed by atoms with van der Waals surface area (Å²) in [5.41, 5.74) is 13.0. The van der Waals surface area contributed by atoms with E-state index in [-0.39, 0.29) is 0 Å². The molecule has 0 bridgehead atoms. The third-order valence-electron chi connectivity index (χ3n) is 9.71. The average molecular weight is 685 g/mol. The van der Waals surface area contributed by atoms with Gasteiger partial charge in [-0.1, -0.05) is 114 Å². The first-order valence-electron chi connectivity index (χ1n) is 19.2. The van der Waals surface area contributed by atoms with Gasteiger partial charge < -0.3 is 9.80 Å². The van der Waals surface area contributed by atoms with E-state index >= 15 is 0 Å². The highest BCUT2D eigenvalue weighted by atomic mass is 35.5. The number of benzene rings is 5. The minimum Gasteiger partial charge on any atom is -0.309 e. The molecule has 0 saturated carbocycles. The Morgan fingerprint density at radius 3 is 0.860 bits per heavy atom. The Labute approximate surface area is 308 Å². The molecule has 0 atom stereocenters. The lowest BCUT2D eigenvalue weighted by Crippen LogP contribution is -2.15. The summed E-state index contributed by atoms with van der Waals surface area (Å²) in [6.07, 6.45) is 14.0. The molecule has 0 aliphatic rings. The number of rotatable bonds is 18. The Hall–Kier alpha value is -4.01. The second-order valence-electron chi connectivity index (χ2n) is 13.9. The zero-order valence-corrected chi connectivity index (χ0v) is 31.9. The van der Waals surface area contributed by atoms with Crippen LogP contribution in [-0.4, -0.2) is 0 Å². The Kier molecular flexibility index (Phi) is 14.0. The van der Waals surface area contributed by atoms with Gasteiger partial charge in [0.05, 0.1) is 16.4 Å². The number of hydrogen-bond acceptors (Lipinski definition) is 2. The van der Waals surface area contributed by atoms with E-state index in [9.17, 15) is 0 Å². The van der Waals surface area contributed by atoms with Gasteiger partial charge in [-0.25, -0.2) is 0 Å². The van der Waals surface area contributed by atoms with Crippen molar-refractivity contribution in [3.8, 4) is 0 Å². The number of unbranched alkanes of at least 4 members (excludes halogenated alkanes) is 4. The summed E-state index contributed by atoms with van der Waals surface area (Å²) < 4.78 is 0. The molecule has 0 aliphatic heterocycles. The first-order valence-corrected chi connectivity index (χ1v) is 19.6. The molecule has 262 valence electrons. The van der Waals surface area contributed by atoms with Gasteiger partial charge in [-0.05, 0) is 147 Å². The Bertz CT molecular complexity index is 1510. The largest absolute Gasteiger partial charge is 0.309 e. The van der Waals surface area contributed by atoms with E-state index < -0.39 is 0 Å². The van der Waals surface area contributed by atoms with E-state index in [1.165, 1.54) is 73.6 Å². The van der Waals surface area contributed by atoms with Crippen LogP contribution in [0.3, 0.4) is 0 Å². The predicted molar refractivity (Wildman–Crippen MR) is 220 cm³/mol. The van der Waals surface area contributed by atoms with E-state index in [1.807, 2.05) is 0 Å². The molecular formula is C47H57ClN2. The standard InChI is InChI=1S/C47H57ClN2/c1-6-10-14-37-18-26-41(27-19-37)49(42-28-20-38(21-29-42)15-11-7-2)45-34-36(5)35-46(47(45)48)50(43-30-22-39(23-31-43)16-12-8-3)44-32-24-40(25-33-44)17-13-9-4/h18-35H,6-17H2,1-5H3. The maximum Gasteiger partial charge on any atom is 0.0887 e. The highest BCUT2D eigenvalue weighted by molar-refractivity contribution is 6.36. The summed E-state index contributed by atoms with van der Waals surface area (Å²) in [5, 5.41) is 0.728. The third kappa shape index (κ3) is 9.61. The molecule has 0 N–H and O–H groups in total. The van der Waals surface area contributed by atoms with Gasteiger partial charge in [-0.15, -0.1) is 0 Å². The second kappa shape index (κ2) is 18.8. The lowest BCUT2D eigenvalue weighted by molar-refractivity contribution is 0.795. The van der Waals surface area contributed by atoms with Crippen LogP contribution in [0.25, 0.3) is 0 Å². The molecule has 5 aromatic carbocycles. The minimum atomic E-state index is 0.728. The first-order chi connectivity index (χ1) is 24.4. The number of anilines is 6. The molecule has 0 heterocycles. The van der Waals surface area contributed by atoms with Crippen LogP contribution in [-0.2, 0) is 25.7 Å². The van der Waals surface area contributed by atoms with Crippen molar-refractivity contribution < 1.29 is 0 Å². The van der Waals surface area contributed by atoms with Crippen molar-refractivity contribution >= 4 is 45.7 Å². The number of nitrogens with zero attached hydrogens (tertiary/aromatic N) is 2. The first kappa shape index (κ1) is 37.3. The maximum absolute atomic E-state index is 7.69. The lowest BCUT2D eigenvalue weighted by Gasteiger charge is -2.32. The van der Waals surface area contributed by atoms with Crippen LogP contribution in [0.5, 0.6) is 0 Å². The van der Waals surface area contributed by atoms with Gasteiger partial charge in [-0.3, -0.25) is 0 Å². The van der Waals surface area contributed by atoms with Gasteiger partial charge in [0.1, 0.15) is 0 Å². The van der Waals surface area contributed by atoms with Crippen LogP contribution in [0.15, 0.2) is 109 Å². The van der Waals surface area contributed by atoms with Crippen molar-refractivity contribution in [2.75, 3.05) is 9.80 Å². The maximum atomic E-state index is 7.69. The van der Waals surface area contributed by atoms with Gasteiger partial charge in [-0.2, -0.15) is 0 Å². The summed E-state index contributed by atoms with van der Waals surface area (Å²) in [4.78, 5) is 4.68.